The summed E-state index contributed by atoms with van der Waals surface area (Å²) in [5.74, 6) is 0. The number of aromatic nitrogens is 1. The fourth-order valence-electron chi connectivity index (χ4n) is 3.80. The third-order valence-electron chi connectivity index (χ3n) is 5.12. The minimum atomic E-state index is 1.10. The summed E-state index contributed by atoms with van der Waals surface area (Å²) in [5.41, 5.74) is 5.30. The SMILES string of the molecule is CCCCCCn1c2ccccc2c2ccc(-c3ccccc3)cc21. The maximum atomic E-state index is 2.52. The highest BCUT2D eigenvalue weighted by molar-refractivity contribution is 6.09. The zero-order valence-electron chi connectivity index (χ0n) is 14.9. The van der Waals surface area contributed by atoms with Crippen molar-refractivity contribution in [1.29, 1.82) is 0 Å². The molecule has 0 unspecified atom stereocenters. The summed E-state index contributed by atoms with van der Waals surface area (Å²) in [6, 6.07) is 26.4. The molecule has 0 saturated heterocycles. The highest BCUT2D eigenvalue weighted by atomic mass is 15.0. The summed E-state index contributed by atoms with van der Waals surface area (Å²) in [6.45, 7) is 3.37. The van der Waals surface area contributed by atoms with E-state index in [1.807, 2.05) is 0 Å². The Bertz CT molecular complexity index is 979. The van der Waals surface area contributed by atoms with Gasteiger partial charge in [0.15, 0.2) is 0 Å². The number of nitrogens with zero attached hydrogens (tertiary/aromatic N) is 1. The predicted molar refractivity (Wildman–Crippen MR) is 109 cm³/mol. The van der Waals surface area contributed by atoms with Crippen molar-refractivity contribution in [3.05, 3.63) is 72.8 Å². The lowest BCUT2D eigenvalue weighted by Crippen LogP contribution is -1.97. The first-order chi connectivity index (χ1) is 12.4. The van der Waals surface area contributed by atoms with E-state index in [0.717, 1.165) is 6.54 Å². The van der Waals surface area contributed by atoms with Crippen LogP contribution in [0.5, 0.6) is 0 Å². The van der Waals surface area contributed by atoms with Gasteiger partial charge in [0.1, 0.15) is 0 Å². The van der Waals surface area contributed by atoms with Gasteiger partial charge in [-0.2, -0.15) is 0 Å². The van der Waals surface area contributed by atoms with Crippen molar-refractivity contribution in [3.63, 3.8) is 0 Å². The second-order valence-electron chi connectivity index (χ2n) is 6.83. The summed E-state index contributed by atoms with van der Waals surface area (Å²) >= 11 is 0. The van der Waals surface area contributed by atoms with Gasteiger partial charge in [-0.3, -0.25) is 0 Å². The van der Waals surface area contributed by atoms with E-state index in [4.69, 9.17) is 0 Å². The van der Waals surface area contributed by atoms with Gasteiger partial charge in [-0.05, 0) is 29.7 Å². The van der Waals surface area contributed by atoms with Crippen molar-refractivity contribution >= 4 is 21.8 Å². The first-order valence-electron chi connectivity index (χ1n) is 9.45. The second-order valence-corrected chi connectivity index (χ2v) is 6.83. The Kier molecular flexibility index (Phi) is 4.56. The van der Waals surface area contributed by atoms with Crippen LogP contribution >= 0.6 is 0 Å². The molecule has 4 rings (SSSR count). The molecular weight excluding hydrogens is 302 g/mol. The first-order valence-corrected chi connectivity index (χ1v) is 9.45. The van der Waals surface area contributed by atoms with E-state index in [0.29, 0.717) is 0 Å². The molecule has 0 spiro atoms. The summed E-state index contributed by atoms with van der Waals surface area (Å²) in [5, 5.41) is 2.73. The zero-order chi connectivity index (χ0) is 17.1. The van der Waals surface area contributed by atoms with Gasteiger partial charge in [0.2, 0.25) is 0 Å². The fraction of sp³-hybridized carbons (Fsp3) is 0.250. The lowest BCUT2D eigenvalue weighted by atomic mass is 10.0. The summed E-state index contributed by atoms with van der Waals surface area (Å²) in [7, 11) is 0. The third kappa shape index (κ3) is 3.07. The van der Waals surface area contributed by atoms with Gasteiger partial charge < -0.3 is 4.57 Å². The molecule has 1 aromatic heterocycles. The average Bonchev–Trinajstić information content (AvgIpc) is 2.99. The number of para-hydroxylation sites is 1. The minimum Gasteiger partial charge on any atom is -0.340 e. The first kappa shape index (κ1) is 16.0. The van der Waals surface area contributed by atoms with Crippen molar-refractivity contribution < 1.29 is 0 Å². The van der Waals surface area contributed by atoms with Crippen molar-refractivity contribution in [1.82, 2.24) is 4.57 Å². The molecule has 0 atom stereocenters. The highest BCUT2D eigenvalue weighted by Gasteiger charge is 2.11. The van der Waals surface area contributed by atoms with Crippen LogP contribution in [0.2, 0.25) is 0 Å². The van der Waals surface area contributed by atoms with Gasteiger partial charge in [-0.15, -0.1) is 0 Å². The molecule has 126 valence electrons. The average molecular weight is 327 g/mol. The topological polar surface area (TPSA) is 4.93 Å². The quantitative estimate of drug-likeness (QED) is 0.335. The van der Waals surface area contributed by atoms with Gasteiger partial charge in [0.25, 0.3) is 0 Å². The van der Waals surface area contributed by atoms with Gasteiger partial charge in [0, 0.05) is 28.4 Å². The molecule has 3 aromatic carbocycles. The number of hydrogen-bond donors (Lipinski definition) is 0. The smallest absolute Gasteiger partial charge is 0.0497 e. The van der Waals surface area contributed by atoms with E-state index in [2.05, 4.69) is 84.3 Å². The van der Waals surface area contributed by atoms with E-state index in [-0.39, 0.29) is 0 Å². The van der Waals surface area contributed by atoms with E-state index in [1.54, 1.807) is 0 Å². The molecule has 0 saturated carbocycles. The summed E-state index contributed by atoms with van der Waals surface area (Å²) in [4.78, 5) is 0. The van der Waals surface area contributed by atoms with Gasteiger partial charge in [0.05, 0.1) is 0 Å². The molecule has 0 aliphatic carbocycles. The van der Waals surface area contributed by atoms with Crippen LogP contribution in [-0.4, -0.2) is 4.57 Å². The number of fused-ring (bicyclic) bond motifs is 3. The van der Waals surface area contributed by atoms with Gasteiger partial charge >= 0.3 is 0 Å². The Morgan fingerprint density at radius 3 is 2.24 bits per heavy atom. The molecule has 0 aliphatic rings. The zero-order valence-corrected chi connectivity index (χ0v) is 14.9. The summed E-state index contributed by atoms with van der Waals surface area (Å²) in [6.07, 6.45) is 5.16. The van der Waals surface area contributed by atoms with Crippen molar-refractivity contribution in [3.8, 4) is 11.1 Å². The largest absolute Gasteiger partial charge is 0.340 e. The molecule has 25 heavy (non-hydrogen) atoms. The Labute approximate surface area is 149 Å². The molecule has 0 N–H and O–H groups in total. The number of benzene rings is 3. The number of aryl methyl sites for hydroxylation is 1. The molecular formula is C24H25N. The van der Waals surface area contributed by atoms with Crippen LogP contribution in [0, 0.1) is 0 Å². The van der Waals surface area contributed by atoms with Crippen LogP contribution < -0.4 is 0 Å². The Hall–Kier alpha value is -2.54. The van der Waals surface area contributed by atoms with E-state index in [9.17, 15) is 0 Å². The van der Waals surface area contributed by atoms with Gasteiger partial charge in [-0.25, -0.2) is 0 Å². The van der Waals surface area contributed by atoms with Crippen molar-refractivity contribution in [2.45, 2.75) is 39.2 Å². The monoisotopic (exact) mass is 327 g/mol. The van der Waals surface area contributed by atoms with Crippen LogP contribution in [0.4, 0.5) is 0 Å². The van der Waals surface area contributed by atoms with Crippen LogP contribution in [0.25, 0.3) is 32.9 Å². The molecule has 0 aliphatic heterocycles. The Morgan fingerprint density at radius 2 is 1.40 bits per heavy atom. The molecule has 1 heterocycles. The molecule has 1 nitrogen and oxygen atoms in total. The number of rotatable bonds is 6. The van der Waals surface area contributed by atoms with Gasteiger partial charge in [-0.1, -0.05) is 86.8 Å². The van der Waals surface area contributed by atoms with E-state index < -0.39 is 0 Å². The minimum absolute atomic E-state index is 1.10. The maximum absolute atomic E-state index is 2.52. The predicted octanol–water partition coefficient (Wildman–Crippen LogP) is 7.04. The highest BCUT2D eigenvalue weighted by Crippen LogP contribution is 2.32. The third-order valence-corrected chi connectivity index (χ3v) is 5.12. The Balaban J connectivity index is 1.83. The van der Waals surface area contributed by atoms with Crippen LogP contribution in [0.3, 0.4) is 0 Å². The summed E-state index contributed by atoms with van der Waals surface area (Å²) < 4.78 is 2.52. The molecule has 0 amide bonds. The Morgan fingerprint density at radius 1 is 0.640 bits per heavy atom. The normalized spacial score (nSPS) is 11.4. The number of unbranched alkanes of at least 4 members (excludes halogenated alkanes) is 3. The molecule has 1 heteroatoms. The van der Waals surface area contributed by atoms with Crippen LogP contribution in [-0.2, 0) is 6.54 Å². The fourth-order valence-corrected chi connectivity index (χ4v) is 3.80. The van der Waals surface area contributed by atoms with E-state index in [1.165, 1.54) is 58.6 Å². The second kappa shape index (κ2) is 7.14. The van der Waals surface area contributed by atoms with Crippen molar-refractivity contribution in [2.75, 3.05) is 0 Å². The number of hydrogen-bond acceptors (Lipinski definition) is 0. The molecule has 0 bridgehead atoms. The lowest BCUT2D eigenvalue weighted by Gasteiger charge is -2.08. The molecule has 0 radical (unpaired) electrons. The van der Waals surface area contributed by atoms with Crippen LogP contribution in [0.15, 0.2) is 72.8 Å². The van der Waals surface area contributed by atoms with E-state index >= 15 is 0 Å². The maximum Gasteiger partial charge on any atom is 0.0497 e. The standard InChI is InChI=1S/C24H25N/c1-2-3-4-10-17-25-23-14-9-8-13-21(23)22-16-15-20(18-24(22)25)19-11-6-5-7-12-19/h5-9,11-16,18H,2-4,10,17H2,1H3. The molecule has 4 aromatic rings. The molecule has 0 fully saturated rings. The van der Waals surface area contributed by atoms with Crippen LogP contribution in [0.1, 0.15) is 32.6 Å². The lowest BCUT2D eigenvalue weighted by molar-refractivity contribution is 0.602. The van der Waals surface area contributed by atoms with Crippen molar-refractivity contribution in [2.24, 2.45) is 0 Å².